The fraction of sp³-hybridized carbons (Fsp3) is 0.846. The fourth-order valence-corrected chi connectivity index (χ4v) is 2.66. The molecule has 1 aliphatic heterocycles. The minimum absolute atomic E-state index is 0.0200. The SMILES string of the molecule is CC(C)(C)OC(=O)N1C[C@@H]([C@@H]2CC2(F)F)C[C@H]1C(=O)O. The van der Waals surface area contributed by atoms with E-state index in [0.717, 1.165) is 4.90 Å². The van der Waals surface area contributed by atoms with Crippen LogP contribution in [0.3, 0.4) is 0 Å². The molecule has 1 N–H and O–H groups in total. The molecule has 0 spiro atoms. The molecule has 0 aromatic heterocycles. The van der Waals surface area contributed by atoms with Crippen molar-refractivity contribution >= 4 is 12.1 Å². The summed E-state index contributed by atoms with van der Waals surface area (Å²) in [6.07, 6.45) is -0.905. The third kappa shape index (κ3) is 3.02. The van der Waals surface area contributed by atoms with Crippen molar-refractivity contribution in [1.82, 2.24) is 4.90 Å². The van der Waals surface area contributed by atoms with Crippen LogP contribution < -0.4 is 0 Å². The van der Waals surface area contributed by atoms with Gasteiger partial charge in [0.1, 0.15) is 11.6 Å². The normalized spacial score (nSPS) is 32.0. The van der Waals surface area contributed by atoms with Crippen LogP contribution in [0, 0.1) is 11.8 Å². The average Bonchev–Trinajstić information content (AvgIpc) is 2.73. The predicted molar refractivity (Wildman–Crippen MR) is 65.5 cm³/mol. The summed E-state index contributed by atoms with van der Waals surface area (Å²) in [6.45, 7) is 5.03. The zero-order valence-electron chi connectivity index (χ0n) is 11.7. The van der Waals surface area contributed by atoms with Gasteiger partial charge in [-0.25, -0.2) is 18.4 Å². The Kier molecular flexibility index (Phi) is 3.42. The van der Waals surface area contributed by atoms with Crippen LogP contribution >= 0.6 is 0 Å². The summed E-state index contributed by atoms with van der Waals surface area (Å²) in [7, 11) is 0. The van der Waals surface area contributed by atoms with Crippen molar-refractivity contribution in [3.8, 4) is 0 Å². The average molecular weight is 291 g/mol. The first-order valence-electron chi connectivity index (χ1n) is 6.61. The maximum absolute atomic E-state index is 13.1. The van der Waals surface area contributed by atoms with Crippen LogP contribution in [0.2, 0.25) is 0 Å². The van der Waals surface area contributed by atoms with E-state index in [4.69, 9.17) is 9.84 Å². The maximum atomic E-state index is 13.1. The molecule has 0 unspecified atom stereocenters. The van der Waals surface area contributed by atoms with E-state index in [1.165, 1.54) is 0 Å². The van der Waals surface area contributed by atoms with E-state index >= 15 is 0 Å². The summed E-state index contributed by atoms with van der Waals surface area (Å²) in [4.78, 5) is 24.2. The summed E-state index contributed by atoms with van der Waals surface area (Å²) in [5, 5.41) is 9.14. The van der Waals surface area contributed by atoms with E-state index in [1.54, 1.807) is 20.8 Å². The second kappa shape index (κ2) is 4.56. The van der Waals surface area contributed by atoms with Gasteiger partial charge in [0.15, 0.2) is 0 Å². The van der Waals surface area contributed by atoms with Gasteiger partial charge in [-0.3, -0.25) is 4.90 Å². The van der Waals surface area contributed by atoms with Crippen LogP contribution in [0.1, 0.15) is 33.6 Å². The molecule has 1 aliphatic carbocycles. The molecule has 0 aromatic rings. The number of likely N-dealkylation sites (tertiary alicyclic amines) is 1. The molecule has 2 aliphatic rings. The van der Waals surface area contributed by atoms with Gasteiger partial charge in [-0.1, -0.05) is 0 Å². The van der Waals surface area contributed by atoms with Gasteiger partial charge in [0, 0.05) is 18.9 Å². The lowest BCUT2D eigenvalue weighted by atomic mass is 10.00. The van der Waals surface area contributed by atoms with Gasteiger partial charge >= 0.3 is 12.1 Å². The van der Waals surface area contributed by atoms with Crippen LogP contribution in [0.5, 0.6) is 0 Å². The van der Waals surface area contributed by atoms with E-state index in [1.807, 2.05) is 0 Å². The number of alkyl halides is 2. The number of carbonyl (C=O) groups excluding carboxylic acids is 1. The Balaban J connectivity index is 2.07. The molecule has 0 radical (unpaired) electrons. The quantitative estimate of drug-likeness (QED) is 0.848. The second-order valence-electron chi connectivity index (χ2n) is 6.55. The van der Waals surface area contributed by atoms with E-state index in [-0.39, 0.29) is 19.4 Å². The summed E-state index contributed by atoms with van der Waals surface area (Å²) < 4.78 is 31.3. The van der Waals surface area contributed by atoms with Crippen molar-refractivity contribution in [2.45, 2.75) is 51.2 Å². The number of rotatable bonds is 2. The number of halogens is 2. The molecule has 0 aromatic carbocycles. The number of carboxylic acid groups (broad SMARTS) is 1. The molecule has 0 bridgehead atoms. The van der Waals surface area contributed by atoms with Gasteiger partial charge in [0.05, 0.1) is 0 Å². The highest BCUT2D eigenvalue weighted by atomic mass is 19.3. The first kappa shape index (κ1) is 15.0. The zero-order chi connectivity index (χ0) is 15.3. The number of amides is 1. The molecular weight excluding hydrogens is 272 g/mol. The molecule has 3 atom stereocenters. The Labute approximate surface area is 115 Å². The van der Waals surface area contributed by atoms with Crippen LogP contribution in [0.25, 0.3) is 0 Å². The Morgan fingerprint density at radius 1 is 1.35 bits per heavy atom. The van der Waals surface area contributed by atoms with Gasteiger partial charge in [0.25, 0.3) is 5.92 Å². The molecule has 114 valence electrons. The molecule has 5 nitrogen and oxygen atoms in total. The number of hydrogen-bond acceptors (Lipinski definition) is 3. The molecular formula is C13H19F2NO4. The summed E-state index contributed by atoms with van der Waals surface area (Å²) in [5.41, 5.74) is -0.748. The van der Waals surface area contributed by atoms with Crippen LogP contribution in [-0.4, -0.2) is 46.2 Å². The van der Waals surface area contributed by atoms with Crippen molar-refractivity contribution in [3.05, 3.63) is 0 Å². The van der Waals surface area contributed by atoms with Gasteiger partial charge in [-0.2, -0.15) is 0 Å². The third-order valence-corrected chi connectivity index (χ3v) is 3.69. The Hall–Kier alpha value is -1.40. The standard InChI is InChI=1S/C13H19F2NO4/c1-12(2,3)20-11(19)16-6-7(4-9(16)10(17)18)8-5-13(8,14)15/h7-9H,4-6H2,1-3H3,(H,17,18)/t7-,8-,9-/m0/s1. The first-order chi connectivity index (χ1) is 9.01. The highest BCUT2D eigenvalue weighted by molar-refractivity contribution is 5.81. The van der Waals surface area contributed by atoms with Gasteiger partial charge in [-0.05, 0) is 33.1 Å². The maximum Gasteiger partial charge on any atom is 0.411 e. The van der Waals surface area contributed by atoms with Crippen molar-refractivity contribution < 1.29 is 28.2 Å². The molecule has 7 heteroatoms. The minimum atomic E-state index is -2.71. The number of carboxylic acids is 1. The molecule has 2 fully saturated rings. The monoisotopic (exact) mass is 291 g/mol. The van der Waals surface area contributed by atoms with Crippen molar-refractivity contribution in [2.24, 2.45) is 11.8 Å². The van der Waals surface area contributed by atoms with E-state index in [0.29, 0.717) is 0 Å². The highest BCUT2D eigenvalue weighted by Crippen LogP contribution is 2.55. The molecule has 1 saturated carbocycles. The molecule has 2 rings (SSSR count). The Morgan fingerprint density at radius 3 is 2.30 bits per heavy atom. The van der Waals surface area contributed by atoms with Crippen LogP contribution in [0.15, 0.2) is 0 Å². The second-order valence-corrected chi connectivity index (χ2v) is 6.55. The number of aliphatic carboxylic acids is 1. The van der Waals surface area contributed by atoms with E-state index < -0.39 is 41.5 Å². The highest BCUT2D eigenvalue weighted by Gasteiger charge is 2.62. The number of hydrogen-bond donors (Lipinski definition) is 1. The van der Waals surface area contributed by atoms with Crippen molar-refractivity contribution in [2.75, 3.05) is 6.54 Å². The molecule has 1 saturated heterocycles. The molecule has 20 heavy (non-hydrogen) atoms. The summed E-state index contributed by atoms with van der Waals surface area (Å²) in [5.74, 6) is -5.17. The summed E-state index contributed by atoms with van der Waals surface area (Å²) >= 11 is 0. The van der Waals surface area contributed by atoms with Crippen LogP contribution in [0.4, 0.5) is 13.6 Å². The van der Waals surface area contributed by atoms with Gasteiger partial charge < -0.3 is 9.84 Å². The molecule has 1 amide bonds. The van der Waals surface area contributed by atoms with Crippen LogP contribution in [-0.2, 0) is 9.53 Å². The number of ether oxygens (including phenoxy) is 1. The first-order valence-corrected chi connectivity index (χ1v) is 6.61. The molecule has 1 heterocycles. The third-order valence-electron chi connectivity index (χ3n) is 3.69. The lowest BCUT2D eigenvalue weighted by molar-refractivity contribution is -0.142. The number of nitrogens with zero attached hydrogens (tertiary/aromatic N) is 1. The van der Waals surface area contributed by atoms with Crippen molar-refractivity contribution in [3.63, 3.8) is 0 Å². The van der Waals surface area contributed by atoms with E-state index in [2.05, 4.69) is 0 Å². The van der Waals surface area contributed by atoms with Gasteiger partial charge in [-0.15, -0.1) is 0 Å². The predicted octanol–water partition coefficient (Wildman–Crippen LogP) is 2.35. The van der Waals surface area contributed by atoms with Gasteiger partial charge in [0.2, 0.25) is 0 Å². The lowest BCUT2D eigenvalue weighted by Gasteiger charge is -2.26. The van der Waals surface area contributed by atoms with Crippen molar-refractivity contribution in [1.29, 1.82) is 0 Å². The Morgan fingerprint density at radius 2 is 1.90 bits per heavy atom. The summed E-state index contributed by atoms with van der Waals surface area (Å²) in [6, 6.07) is -1.08. The number of carbonyl (C=O) groups is 2. The lowest BCUT2D eigenvalue weighted by Crippen LogP contribution is -2.43. The fourth-order valence-electron chi connectivity index (χ4n) is 2.66. The van der Waals surface area contributed by atoms with E-state index in [9.17, 15) is 18.4 Å². The minimum Gasteiger partial charge on any atom is -0.480 e. The Bertz CT molecular complexity index is 433. The smallest absolute Gasteiger partial charge is 0.411 e. The topological polar surface area (TPSA) is 66.8 Å². The largest absolute Gasteiger partial charge is 0.480 e. The zero-order valence-corrected chi connectivity index (χ0v) is 11.7.